The van der Waals surface area contributed by atoms with Gasteiger partial charge in [-0.05, 0) is 30.7 Å². The van der Waals surface area contributed by atoms with Gasteiger partial charge in [0.2, 0.25) is 5.88 Å². The van der Waals surface area contributed by atoms with Crippen LogP contribution in [0.4, 0.5) is 22.1 Å². The van der Waals surface area contributed by atoms with E-state index in [1.54, 1.807) is 4.90 Å². The molecule has 1 aromatic carbocycles. The number of carbonyl (C=O) groups is 1. The molecule has 2 amide bonds. The Hall–Kier alpha value is -3.39. The zero-order valence-corrected chi connectivity index (χ0v) is 17.0. The molecule has 9 heteroatoms. The molecular weight excluding hydrogens is 404 g/mol. The van der Waals surface area contributed by atoms with E-state index in [-0.39, 0.29) is 12.1 Å². The van der Waals surface area contributed by atoms with Crippen molar-refractivity contribution in [1.82, 2.24) is 15.0 Å². The third kappa shape index (κ3) is 3.29. The van der Waals surface area contributed by atoms with Gasteiger partial charge in [-0.2, -0.15) is 4.98 Å². The molecule has 0 spiro atoms. The molecule has 5 rings (SSSR count). The van der Waals surface area contributed by atoms with Crippen LogP contribution in [0.3, 0.4) is 0 Å². The number of halogens is 1. The Kier molecular flexibility index (Phi) is 4.63. The number of amides is 2. The number of urea groups is 1. The zero-order chi connectivity index (χ0) is 20.7. The number of nitrogens with zero attached hydrogens (tertiary/aromatic N) is 5. The number of methoxy groups -OCH3 is 1. The average Bonchev–Trinajstić information content (AvgIpc) is 3.18. The van der Waals surface area contributed by atoms with Crippen molar-refractivity contribution in [2.45, 2.75) is 12.5 Å². The highest BCUT2D eigenvalue weighted by Gasteiger charge is 2.40. The van der Waals surface area contributed by atoms with E-state index in [1.807, 2.05) is 36.4 Å². The summed E-state index contributed by atoms with van der Waals surface area (Å²) in [6.45, 7) is 1.67. The van der Waals surface area contributed by atoms with E-state index in [2.05, 4.69) is 20.2 Å². The molecule has 0 unspecified atom stereocenters. The highest BCUT2D eigenvalue weighted by atomic mass is 35.5. The molecule has 3 aromatic rings. The molecule has 0 saturated carbocycles. The Bertz CT molecular complexity index is 1120. The molecule has 2 aromatic heterocycles. The summed E-state index contributed by atoms with van der Waals surface area (Å²) in [5.41, 5.74) is 2.61. The molecule has 4 heterocycles. The summed E-state index contributed by atoms with van der Waals surface area (Å²) >= 11 is 6.15. The van der Waals surface area contributed by atoms with Crippen LogP contribution in [0.2, 0.25) is 5.02 Å². The van der Waals surface area contributed by atoms with E-state index >= 15 is 0 Å². The largest absolute Gasteiger partial charge is 0.480 e. The highest BCUT2D eigenvalue weighted by molar-refractivity contribution is 6.30. The number of aromatic nitrogens is 3. The maximum absolute atomic E-state index is 13.2. The summed E-state index contributed by atoms with van der Waals surface area (Å²) in [6, 6.07) is 11.3. The number of fused-ring (bicyclic) bond motifs is 4. The summed E-state index contributed by atoms with van der Waals surface area (Å²) in [7, 11) is 1.50. The second-order valence-corrected chi connectivity index (χ2v) is 7.62. The van der Waals surface area contributed by atoms with Crippen LogP contribution in [0.15, 0.2) is 48.8 Å². The first kappa shape index (κ1) is 18.6. The fourth-order valence-electron chi connectivity index (χ4n) is 3.96. The molecule has 0 radical (unpaired) electrons. The molecule has 8 nitrogen and oxygen atoms in total. The normalized spacial score (nSPS) is 16.9. The molecule has 2 bridgehead atoms. The summed E-state index contributed by atoms with van der Waals surface area (Å²) in [4.78, 5) is 30.4. The third-order valence-electron chi connectivity index (χ3n) is 5.35. The molecule has 1 N–H and O–H groups in total. The Labute approximate surface area is 178 Å². The first-order valence-electron chi connectivity index (χ1n) is 9.60. The fourth-order valence-corrected chi connectivity index (χ4v) is 4.15. The minimum Gasteiger partial charge on any atom is -0.480 e. The lowest BCUT2D eigenvalue weighted by Crippen LogP contribution is -2.48. The van der Waals surface area contributed by atoms with Crippen molar-refractivity contribution in [1.29, 1.82) is 0 Å². The van der Waals surface area contributed by atoms with Gasteiger partial charge >= 0.3 is 6.03 Å². The van der Waals surface area contributed by atoms with Crippen LogP contribution in [-0.4, -0.2) is 47.2 Å². The lowest BCUT2D eigenvalue weighted by molar-refractivity contribution is 0.254. The van der Waals surface area contributed by atoms with Gasteiger partial charge in [0.25, 0.3) is 0 Å². The van der Waals surface area contributed by atoms with Gasteiger partial charge < -0.3 is 9.64 Å². The highest BCUT2D eigenvalue weighted by Crippen LogP contribution is 2.40. The molecule has 2 aliphatic heterocycles. The molecule has 0 aliphatic carbocycles. The van der Waals surface area contributed by atoms with Crippen molar-refractivity contribution >= 4 is 35.0 Å². The molecule has 2 aliphatic rings. The average molecular weight is 423 g/mol. The Balaban J connectivity index is 1.52. The first-order chi connectivity index (χ1) is 14.6. The number of anilines is 3. The fraction of sp³-hybridized carbons (Fsp3) is 0.238. The van der Waals surface area contributed by atoms with Crippen LogP contribution < -0.4 is 19.9 Å². The van der Waals surface area contributed by atoms with E-state index < -0.39 is 0 Å². The molecule has 152 valence electrons. The van der Waals surface area contributed by atoms with Crippen LogP contribution in [-0.2, 0) is 0 Å². The predicted octanol–water partition coefficient (Wildman–Crippen LogP) is 3.83. The first-order valence-corrected chi connectivity index (χ1v) is 9.98. The topological polar surface area (TPSA) is 83.5 Å². The van der Waals surface area contributed by atoms with Gasteiger partial charge in [-0.15, -0.1) is 0 Å². The molecule has 1 atom stereocenters. The maximum atomic E-state index is 13.2. The van der Waals surface area contributed by atoms with Crippen molar-refractivity contribution in [2.75, 3.05) is 35.3 Å². The van der Waals surface area contributed by atoms with Crippen molar-refractivity contribution in [2.24, 2.45) is 0 Å². The predicted molar refractivity (Wildman–Crippen MR) is 115 cm³/mol. The summed E-state index contributed by atoms with van der Waals surface area (Å²) < 4.78 is 5.09. The monoisotopic (exact) mass is 422 g/mol. The van der Waals surface area contributed by atoms with Gasteiger partial charge in [0.15, 0.2) is 11.6 Å². The van der Waals surface area contributed by atoms with E-state index in [0.717, 1.165) is 36.5 Å². The van der Waals surface area contributed by atoms with Gasteiger partial charge in [-0.1, -0.05) is 23.7 Å². The third-order valence-corrected chi connectivity index (χ3v) is 5.58. The van der Waals surface area contributed by atoms with Crippen LogP contribution in [0.25, 0.3) is 11.3 Å². The number of benzene rings is 1. The Morgan fingerprint density at radius 1 is 1.23 bits per heavy atom. The SMILES string of the molecule is COc1cncc(NC(=O)N2c3nc(-c4cccc(Cl)c4)ccc3N3CC[C@H]2C3)n1. The van der Waals surface area contributed by atoms with Gasteiger partial charge in [-0.3, -0.25) is 15.2 Å². The number of hydrogen-bond acceptors (Lipinski definition) is 6. The van der Waals surface area contributed by atoms with Crippen LogP contribution >= 0.6 is 11.6 Å². The molecule has 1 fully saturated rings. The summed E-state index contributed by atoms with van der Waals surface area (Å²) in [5.74, 6) is 1.29. The number of hydrogen-bond donors (Lipinski definition) is 1. The van der Waals surface area contributed by atoms with E-state index in [0.29, 0.717) is 22.5 Å². The second-order valence-electron chi connectivity index (χ2n) is 7.18. The van der Waals surface area contributed by atoms with Crippen molar-refractivity contribution in [3.8, 4) is 17.1 Å². The minimum absolute atomic E-state index is 0.0400. The lowest BCUT2D eigenvalue weighted by atomic mass is 10.1. The van der Waals surface area contributed by atoms with Crippen molar-refractivity contribution in [3.63, 3.8) is 0 Å². The standard InChI is InChI=1S/C21H19ClN6O2/c1-30-19-11-23-10-18(25-19)26-21(29)28-15-7-8-27(12-15)17-6-5-16(24-20(17)28)13-3-2-4-14(22)9-13/h2-6,9-11,15H,7-8,12H2,1H3,(H,25,26,29)/t15-/m0/s1. The molecule has 30 heavy (non-hydrogen) atoms. The van der Waals surface area contributed by atoms with E-state index in [9.17, 15) is 4.79 Å². The molecular formula is C21H19ClN6O2. The van der Waals surface area contributed by atoms with Crippen molar-refractivity contribution < 1.29 is 9.53 Å². The smallest absolute Gasteiger partial charge is 0.329 e. The quantitative estimate of drug-likeness (QED) is 0.690. The van der Waals surface area contributed by atoms with Crippen LogP contribution in [0, 0.1) is 0 Å². The van der Waals surface area contributed by atoms with Gasteiger partial charge in [0.05, 0.1) is 36.9 Å². The van der Waals surface area contributed by atoms with Crippen molar-refractivity contribution in [3.05, 3.63) is 53.8 Å². The number of pyridine rings is 1. The number of rotatable bonds is 3. The van der Waals surface area contributed by atoms with Crippen LogP contribution in [0.5, 0.6) is 5.88 Å². The Morgan fingerprint density at radius 2 is 2.13 bits per heavy atom. The lowest BCUT2D eigenvalue weighted by Gasteiger charge is -2.35. The minimum atomic E-state index is -0.291. The summed E-state index contributed by atoms with van der Waals surface area (Å²) in [6.07, 6.45) is 3.85. The van der Waals surface area contributed by atoms with E-state index in [4.69, 9.17) is 21.3 Å². The number of nitrogens with one attached hydrogen (secondary N) is 1. The van der Waals surface area contributed by atoms with Crippen LogP contribution in [0.1, 0.15) is 6.42 Å². The summed E-state index contributed by atoms with van der Waals surface area (Å²) in [5, 5.41) is 3.47. The number of carbonyl (C=O) groups excluding carboxylic acids is 1. The molecule has 1 saturated heterocycles. The zero-order valence-electron chi connectivity index (χ0n) is 16.2. The number of ether oxygens (including phenoxy) is 1. The maximum Gasteiger partial charge on any atom is 0.329 e. The van der Waals surface area contributed by atoms with Gasteiger partial charge in [-0.25, -0.2) is 9.78 Å². The second kappa shape index (κ2) is 7.46. The van der Waals surface area contributed by atoms with Gasteiger partial charge in [0.1, 0.15) is 0 Å². The van der Waals surface area contributed by atoms with Gasteiger partial charge in [0, 0.05) is 23.7 Å². The Morgan fingerprint density at radius 3 is 2.97 bits per heavy atom. The van der Waals surface area contributed by atoms with E-state index in [1.165, 1.54) is 19.5 Å².